The lowest BCUT2D eigenvalue weighted by Crippen LogP contribution is -2.25. The fraction of sp³-hybridized carbons (Fsp3) is 0.263. The average molecular weight is 423 g/mol. The Balaban J connectivity index is 1.70. The predicted octanol–water partition coefficient (Wildman–Crippen LogP) is 3.09. The first-order valence-electron chi connectivity index (χ1n) is 8.52. The molecule has 1 aliphatic rings. The minimum Gasteiger partial charge on any atom is -0.482 e. The van der Waals surface area contributed by atoms with Crippen LogP contribution in [0.1, 0.15) is 17.5 Å². The van der Waals surface area contributed by atoms with E-state index in [9.17, 15) is 18.0 Å². The van der Waals surface area contributed by atoms with Gasteiger partial charge in [0.25, 0.3) is 5.91 Å². The van der Waals surface area contributed by atoms with Crippen LogP contribution in [-0.4, -0.2) is 32.6 Å². The molecule has 2 N–H and O–H groups in total. The normalized spacial score (nSPS) is 13.3. The maximum absolute atomic E-state index is 12.7. The molecular formula is C19H19ClN2O5S. The first-order valence-corrected chi connectivity index (χ1v) is 10.5. The second-order valence-corrected chi connectivity index (χ2v) is 9.02. The molecule has 148 valence electrons. The maximum Gasteiger partial charge on any atom is 0.262 e. The number of halogens is 1. The predicted molar refractivity (Wildman–Crippen MR) is 107 cm³/mol. The third kappa shape index (κ3) is 4.45. The molecule has 0 saturated heterocycles. The number of carbonyl (C=O) groups excluding carboxylic acids is 2. The summed E-state index contributed by atoms with van der Waals surface area (Å²) >= 11 is 6.08. The topological polar surface area (TPSA) is 102 Å². The van der Waals surface area contributed by atoms with Crippen LogP contribution >= 0.6 is 11.6 Å². The molecule has 0 saturated carbocycles. The van der Waals surface area contributed by atoms with E-state index < -0.39 is 21.5 Å². The zero-order valence-electron chi connectivity index (χ0n) is 15.3. The minimum atomic E-state index is -3.83. The van der Waals surface area contributed by atoms with Gasteiger partial charge in [0.15, 0.2) is 16.4 Å². The van der Waals surface area contributed by atoms with Gasteiger partial charge in [0.1, 0.15) is 5.75 Å². The Morgan fingerprint density at radius 1 is 1.21 bits per heavy atom. The fourth-order valence-corrected chi connectivity index (χ4v) is 4.53. The molecule has 1 heterocycles. The van der Waals surface area contributed by atoms with E-state index in [0.29, 0.717) is 11.4 Å². The van der Waals surface area contributed by atoms with Crippen molar-refractivity contribution in [3.8, 4) is 5.75 Å². The van der Waals surface area contributed by atoms with Crippen molar-refractivity contribution >= 4 is 44.6 Å². The second-order valence-electron chi connectivity index (χ2n) is 6.53. The molecule has 0 atom stereocenters. The van der Waals surface area contributed by atoms with E-state index in [4.69, 9.17) is 16.3 Å². The molecule has 2 amide bonds. The van der Waals surface area contributed by atoms with E-state index in [-0.39, 0.29) is 34.6 Å². The van der Waals surface area contributed by atoms with Crippen LogP contribution in [-0.2, 0) is 19.4 Å². The van der Waals surface area contributed by atoms with Crippen molar-refractivity contribution in [2.75, 3.05) is 23.0 Å². The Kier molecular flexibility index (Phi) is 5.62. The van der Waals surface area contributed by atoms with Gasteiger partial charge in [0.2, 0.25) is 5.91 Å². The molecule has 0 spiro atoms. The summed E-state index contributed by atoms with van der Waals surface area (Å²) in [6.07, 6.45) is -0.222. The number of fused-ring (bicyclic) bond motifs is 1. The zero-order chi connectivity index (χ0) is 20.5. The molecule has 2 aromatic rings. The lowest BCUT2D eigenvalue weighted by atomic mass is 10.1. The lowest BCUT2D eigenvalue weighted by Gasteiger charge is -2.19. The number of aryl methyl sites for hydroxylation is 2. The molecule has 2 aromatic carbocycles. The van der Waals surface area contributed by atoms with Gasteiger partial charge in [-0.15, -0.1) is 0 Å². The SMILES string of the molecule is Cc1ccc(NC(=O)CCS(=O)(=O)c2cc3c(cc2Cl)NC(=O)CO3)cc1C. The molecule has 0 unspecified atom stereocenters. The van der Waals surface area contributed by atoms with Gasteiger partial charge < -0.3 is 15.4 Å². The third-order valence-electron chi connectivity index (χ3n) is 4.39. The minimum absolute atomic E-state index is 0.0425. The second kappa shape index (κ2) is 7.81. The van der Waals surface area contributed by atoms with Gasteiger partial charge in [-0.3, -0.25) is 9.59 Å². The monoisotopic (exact) mass is 422 g/mol. The van der Waals surface area contributed by atoms with Crippen LogP contribution in [0.4, 0.5) is 11.4 Å². The largest absolute Gasteiger partial charge is 0.482 e. The Labute approximate surface area is 168 Å². The highest BCUT2D eigenvalue weighted by molar-refractivity contribution is 7.91. The fourth-order valence-electron chi connectivity index (χ4n) is 2.70. The number of nitrogens with one attached hydrogen (secondary N) is 2. The van der Waals surface area contributed by atoms with E-state index >= 15 is 0 Å². The highest BCUT2D eigenvalue weighted by Crippen LogP contribution is 2.36. The number of rotatable bonds is 5. The van der Waals surface area contributed by atoms with E-state index in [1.807, 2.05) is 26.0 Å². The lowest BCUT2D eigenvalue weighted by molar-refractivity contribution is -0.118. The summed E-state index contributed by atoms with van der Waals surface area (Å²) in [6, 6.07) is 8.07. The smallest absolute Gasteiger partial charge is 0.262 e. The highest BCUT2D eigenvalue weighted by atomic mass is 35.5. The zero-order valence-corrected chi connectivity index (χ0v) is 16.9. The van der Waals surface area contributed by atoms with Crippen LogP contribution in [0.3, 0.4) is 0 Å². The Morgan fingerprint density at radius 2 is 1.96 bits per heavy atom. The van der Waals surface area contributed by atoms with Gasteiger partial charge in [-0.1, -0.05) is 17.7 Å². The Bertz CT molecular complexity index is 1070. The summed E-state index contributed by atoms with van der Waals surface area (Å²) < 4.78 is 30.5. The van der Waals surface area contributed by atoms with Crippen molar-refractivity contribution in [1.29, 1.82) is 0 Å². The first kappa shape index (κ1) is 20.2. The summed E-state index contributed by atoms with van der Waals surface area (Å²) in [5.41, 5.74) is 3.05. The number of sulfone groups is 1. The molecule has 3 rings (SSSR count). The van der Waals surface area contributed by atoms with Crippen molar-refractivity contribution in [2.45, 2.75) is 25.2 Å². The molecule has 0 fully saturated rings. The van der Waals surface area contributed by atoms with E-state index in [1.165, 1.54) is 12.1 Å². The van der Waals surface area contributed by atoms with E-state index in [2.05, 4.69) is 10.6 Å². The summed E-state index contributed by atoms with van der Waals surface area (Å²) in [5.74, 6) is -0.942. The molecule has 0 aliphatic carbocycles. The summed E-state index contributed by atoms with van der Waals surface area (Å²) in [6.45, 7) is 3.69. The molecule has 9 heteroatoms. The van der Waals surface area contributed by atoms with Gasteiger partial charge >= 0.3 is 0 Å². The number of carbonyl (C=O) groups is 2. The number of ether oxygens (including phenoxy) is 1. The molecule has 0 bridgehead atoms. The van der Waals surface area contributed by atoms with Crippen molar-refractivity contribution in [3.05, 3.63) is 46.5 Å². The molecule has 1 aliphatic heterocycles. The number of amides is 2. The van der Waals surface area contributed by atoms with E-state index in [0.717, 1.165) is 11.1 Å². The molecule has 0 radical (unpaired) electrons. The maximum atomic E-state index is 12.7. The van der Waals surface area contributed by atoms with Gasteiger partial charge in [0.05, 0.1) is 21.4 Å². The van der Waals surface area contributed by atoms with Crippen LogP contribution in [0.15, 0.2) is 35.2 Å². The molecule has 0 aromatic heterocycles. The van der Waals surface area contributed by atoms with Crippen molar-refractivity contribution in [1.82, 2.24) is 0 Å². The van der Waals surface area contributed by atoms with Crippen molar-refractivity contribution in [3.63, 3.8) is 0 Å². The number of hydrogen-bond donors (Lipinski definition) is 2. The molecule has 7 nitrogen and oxygen atoms in total. The summed E-state index contributed by atoms with van der Waals surface area (Å²) in [7, 11) is -3.83. The highest BCUT2D eigenvalue weighted by Gasteiger charge is 2.25. The van der Waals surface area contributed by atoms with Gasteiger partial charge in [-0.2, -0.15) is 0 Å². The average Bonchev–Trinajstić information content (AvgIpc) is 2.62. The van der Waals surface area contributed by atoms with Crippen molar-refractivity contribution in [2.24, 2.45) is 0 Å². The number of anilines is 2. The quantitative estimate of drug-likeness (QED) is 0.770. The standard InChI is InChI=1S/C19H19ClN2O5S/c1-11-3-4-13(7-12(11)2)21-18(23)5-6-28(25,26)17-9-16-15(8-14(17)20)22-19(24)10-27-16/h3-4,7-9H,5-6,10H2,1-2H3,(H,21,23)(H,22,24). The van der Waals surface area contributed by atoms with Crippen LogP contribution in [0, 0.1) is 13.8 Å². The van der Waals surface area contributed by atoms with Gasteiger partial charge in [-0.25, -0.2) is 8.42 Å². The van der Waals surface area contributed by atoms with E-state index in [1.54, 1.807) is 6.07 Å². The van der Waals surface area contributed by atoms with Crippen LogP contribution in [0.2, 0.25) is 5.02 Å². The van der Waals surface area contributed by atoms with Crippen LogP contribution < -0.4 is 15.4 Å². The van der Waals surface area contributed by atoms with Crippen LogP contribution in [0.5, 0.6) is 5.75 Å². The summed E-state index contributed by atoms with van der Waals surface area (Å²) in [5, 5.41) is 5.21. The number of hydrogen-bond acceptors (Lipinski definition) is 5. The van der Waals surface area contributed by atoms with Crippen molar-refractivity contribution < 1.29 is 22.7 Å². The third-order valence-corrected chi connectivity index (χ3v) is 6.56. The molecule has 28 heavy (non-hydrogen) atoms. The Hall–Kier alpha value is -2.58. The molecular weight excluding hydrogens is 404 g/mol. The first-order chi connectivity index (χ1) is 13.2. The summed E-state index contributed by atoms with van der Waals surface area (Å²) in [4.78, 5) is 23.4. The number of benzene rings is 2. The van der Waals surface area contributed by atoms with Gasteiger partial charge in [0, 0.05) is 18.2 Å². The van der Waals surface area contributed by atoms with Gasteiger partial charge in [-0.05, 0) is 43.2 Å². The van der Waals surface area contributed by atoms with Crippen LogP contribution in [0.25, 0.3) is 0 Å². The Morgan fingerprint density at radius 3 is 2.68 bits per heavy atom.